The van der Waals surface area contributed by atoms with Gasteiger partial charge in [0.15, 0.2) is 5.58 Å². The number of rotatable bonds is 4. The van der Waals surface area contributed by atoms with E-state index in [1.807, 2.05) is 30.3 Å². The van der Waals surface area contributed by atoms with E-state index in [-0.39, 0.29) is 5.75 Å². The Morgan fingerprint density at radius 3 is 2.80 bits per heavy atom. The molecular weight excluding hydrogens is 276 g/mol. The van der Waals surface area contributed by atoms with E-state index < -0.39 is 0 Å². The number of benzene rings is 2. The summed E-state index contributed by atoms with van der Waals surface area (Å²) in [7, 11) is 0. The molecule has 5 heteroatoms. The first-order chi connectivity index (χ1) is 9.72. The van der Waals surface area contributed by atoms with Crippen LogP contribution >= 0.6 is 11.6 Å². The molecule has 3 aromatic rings. The summed E-state index contributed by atoms with van der Waals surface area (Å²) in [6.07, 6.45) is 0. The van der Waals surface area contributed by atoms with Gasteiger partial charge >= 0.3 is 0 Å². The summed E-state index contributed by atoms with van der Waals surface area (Å²) in [4.78, 5) is 4.38. The molecule has 0 aliphatic heterocycles. The van der Waals surface area contributed by atoms with Crippen molar-refractivity contribution in [3.8, 4) is 5.75 Å². The molecule has 0 unspecified atom stereocenters. The molecule has 0 aliphatic rings. The van der Waals surface area contributed by atoms with Crippen LogP contribution in [0, 0.1) is 0 Å². The number of nitrogens with zero attached hydrogens (tertiary/aromatic N) is 1. The predicted octanol–water partition coefficient (Wildman–Crippen LogP) is 3.48. The minimum atomic E-state index is 0.0920. The normalized spacial score (nSPS) is 11.1. The van der Waals surface area contributed by atoms with Crippen molar-refractivity contribution >= 4 is 22.7 Å². The smallest absolute Gasteiger partial charge is 0.209 e. The Bertz CT molecular complexity index is 707. The van der Waals surface area contributed by atoms with E-state index >= 15 is 0 Å². The Hall–Kier alpha value is -2.04. The lowest BCUT2D eigenvalue weighted by atomic mass is 10.2. The summed E-state index contributed by atoms with van der Waals surface area (Å²) in [5.41, 5.74) is 2.64. The highest BCUT2D eigenvalue weighted by Crippen LogP contribution is 2.23. The van der Waals surface area contributed by atoms with Crippen molar-refractivity contribution < 1.29 is 9.52 Å². The predicted molar refractivity (Wildman–Crippen MR) is 77.7 cm³/mol. The lowest BCUT2D eigenvalue weighted by molar-refractivity contribution is 0.474. The van der Waals surface area contributed by atoms with Crippen molar-refractivity contribution in [3.05, 3.63) is 58.9 Å². The molecule has 0 aliphatic carbocycles. The van der Waals surface area contributed by atoms with Gasteiger partial charge < -0.3 is 14.8 Å². The van der Waals surface area contributed by atoms with Gasteiger partial charge in [0.1, 0.15) is 11.3 Å². The molecule has 1 aromatic heterocycles. The van der Waals surface area contributed by atoms with E-state index in [1.54, 1.807) is 12.1 Å². The number of halogens is 1. The van der Waals surface area contributed by atoms with Crippen molar-refractivity contribution in [1.29, 1.82) is 0 Å². The molecule has 0 amide bonds. The van der Waals surface area contributed by atoms with Gasteiger partial charge in [0.2, 0.25) is 5.89 Å². The zero-order valence-electron chi connectivity index (χ0n) is 10.6. The van der Waals surface area contributed by atoms with Crippen LogP contribution in [0.25, 0.3) is 11.1 Å². The van der Waals surface area contributed by atoms with Crippen molar-refractivity contribution in [2.75, 3.05) is 0 Å². The first-order valence-corrected chi connectivity index (χ1v) is 6.63. The Morgan fingerprint density at radius 2 is 2.00 bits per heavy atom. The first kappa shape index (κ1) is 13.0. The lowest BCUT2D eigenvalue weighted by Gasteiger charge is -2.04. The van der Waals surface area contributed by atoms with Crippen molar-refractivity contribution in [3.63, 3.8) is 0 Å². The largest absolute Gasteiger partial charge is 0.506 e. The fraction of sp³-hybridized carbons (Fsp3) is 0.133. The average Bonchev–Trinajstić information content (AvgIpc) is 2.85. The standard InChI is InChI=1S/C15H13ClN2O2/c16-11-7-10(5-6-13(11)19)8-17-9-15-18-12-3-1-2-4-14(12)20-15/h1-7,17,19H,8-9H2. The van der Waals surface area contributed by atoms with Gasteiger partial charge in [0, 0.05) is 6.54 Å². The van der Waals surface area contributed by atoms with Crippen molar-refractivity contribution in [2.24, 2.45) is 0 Å². The van der Waals surface area contributed by atoms with Gasteiger partial charge in [-0.3, -0.25) is 0 Å². The number of para-hydroxylation sites is 2. The van der Waals surface area contributed by atoms with Gasteiger partial charge in [-0.25, -0.2) is 4.98 Å². The molecular formula is C15H13ClN2O2. The van der Waals surface area contributed by atoms with Gasteiger partial charge in [-0.1, -0.05) is 29.8 Å². The number of aromatic nitrogens is 1. The molecule has 0 saturated carbocycles. The molecule has 2 N–H and O–H groups in total. The van der Waals surface area contributed by atoms with Crippen LogP contribution < -0.4 is 5.32 Å². The maximum absolute atomic E-state index is 9.35. The summed E-state index contributed by atoms with van der Waals surface area (Å²) in [5, 5.41) is 12.9. The summed E-state index contributed by atoms with van der Waals surface area (Å²) < 4.78 is 5.61. The average molecular weight is 289 g/mol. The zero-order chi connectivity index (χ0) is 13.9. The summed E-state index contributed by atoms with van der Waals surface area (Å²) in [6, 6.07) is 12.8. The highest BCUT2D eigenvalue weighted by atomic mass is 35.5. The Labute approximate surface area is 121 Å². The third kappa shape index (κ3) is 2.76. The van der Waals surface area contributed by atoms with Crippen LogP contribution in [0.4, 0.5) is 0 Å². The van der Waals surface area contributed by atoms with Crippen molar-refractivity contribution in [2.45, 2.75) is 13.1 Å². The molecule has 4 nitrogen and oxygen atoms in total. The summed E-state index contributed by atoms with van der Waals surface area (Å²) in [5.74, 6) is 0.741. The monoisotopic (exact) mass is 288 g/mol. The van der Waals surface area contributed by atoms with Crippen LogP contribution in [0.1, 0.15) is 11.5 Å². The molecule has 0 atom stereocenters. The summed E-state index contributed by atoms with van der Waals surface area (Å²) >= 11 is 5.85. The van der Waals surface area contributed by atoms with Gasteiger partial charge in [-0.2, -0.15) is 0 Å². The molecule has 20 heavy (non-hydrogen) atoms. The van der Waals surface area contributed by atoms with Crippen LogP contribution in [0.5, 0.6) is 5.75 Å². The number of nitrogens with one attached hydrogen (secondary N) is 1. The fourth-order valence-corrected chi connectivity index (χ4v) is 2.17. The van der Waals surface area contributed by atoms with Crippen LogP contribution in [0.15, 0.2) is 46.9 Å². The molecule has 102 valence electrons. The number of phenols is 1. The van der Waals surface area contributed by atoms with E-state index in [2.05, 4.69) is 10.3 Å². The lowest BCUT2D eigenvalue weighted by Crippen LogP contribution is -2.12. The number of fused-ring (bicyclic) bond motifs is 1. The molecule has 0 radical (unpaired) electrons. The highest BCUT2D eigenvalue weighted by Gasteiger charge is 2.05. The molecule has 1 heterocycles. The number of hydrogen-bond donors (Lipinski definition) is 2. The first-order valence-electron chi connectivity index (χ1n) is 6.25. The molecule has 0 fully saturated rings. The molecule has 0 spiro atoms. The van der Waals surface area contributed by atoms with E-state index in [9.17, 15) is 5.11 Å². The number of oxazole rings is 1. The van der Waals surface area contributed by atoms with Crippen LogP contribution in [0.2, 0.25) is 5.02 Å². The topological polar surface area (TPSA) is 58.3 Å². The minimum absolute atomic E-state index is 0.0920. The van der Waals surface area contributed by atoms with Crippen molar-refractivity contribution in [1.82, 2.24) is 10.3 Å². The van der Waals surface area contributed by atoms with E-state index in [0.717, 1.165) is 16.7 Å². The Kier molecular flexibility index (Phi) is 3.58. The minimum Gasteiger partial charge on any atom is -0.506 e. The SMILES string of the molecule is Oc1ccc(CNCc2nc3ccccc3o2)cc1Cl. The van der Waals surface area contributed by atoms with E-state index in [0.29, 0.717) is 24.0 Å². The molecule has 2 aromatic carbocycles. The zero-order valence-corrected chi connectivity index (χ0v) is 11.4. The number of aromatic hydroxyl groups is 1. The maximum Gasteiger partial charge on any atom is 0.209 e. The van der Waals surface area contributed by atoms with Crippen LogP contribution in [0.3, 0.4) is 0 Å². The van der Waals surface area contributed by atoms with Crippen LogP contribution in [-0.2, 0) is 13.1 Å². The van der Waals surface area contributed by atoms with E-state index in [4.69, 9.17) is 16.0 Å². The Morgan fingerprint density at radius 1 is 1.15 bits per heavy atom. The second-order valence-corrected chi connectivity index (χ2v) is 4.87. The fourth-order valence-electron chi connectivity index (χ4n) is 1.97. The number of hydrogen-bond acceptors (Lipinski definition) is 4. The molecule has 0 saturated heterocycles. The molecule has 0 bridgehead atoms. The van der Waals surface area contributed by atoms with Gasteiger partial charge in [0.05, 0.1) is 11.6 Å². The third-order valence-electron chi connectivity index (χ3n) is 2.96. The van der Waals surface area contributed by atoms with Gasteiger partial charge in [-0.05, 0) is 29.8 Å². The summed E-state index contributed by atoms with van der Waals surface area (Å²) in [6.45, 7) is 1.16. The second-order valence-electron chi connectivity index (χ2n) is 4.46. The van der Waals surface area contributed by atoms with E-state index in [1.165, 1.54) is 0 Å². The van der Waals surface area contributed by atoms with Gasteiger partial charge in [0.25, 0.3) is 0 Å². The van der Waals surface area contributed by atoms with Gasteiger partial charge in [-0.15, -0.1) is 0 Å². The quantitative estimate of drug-likeness (QED) is 0.772. The second kappa shape index (κ2) is 5.53. The third-order valence-corrected chi connectivity index (χ3v) is 3.26. The molecule has 3 rings (SSSR count). The number of phenolic OH excluding ortho intramolecular Hbond substituents is 1. The maximum atomic E-state index is 9.35. The Balaban J connectivity index is 1.63. The van der Waals surface area contributed by atoms with Crippen LogP contribution in [-0.4, -0.2) is 10.1 Å². The highest BCUT2D eigenvalue weighted by molar-refractivity contribution is 6.32.